The lowest BCUT2D eigenvalue weighted by molar-refractivity contribution is -0.122. The monoisotopic (exact) mass is 461 g/mol. The number of carbonyl (C=O) groups is 3. The maximum atomic E-state index is 14.0. The molecule has 0 radical (unpaired) electrons. The van der Waals surface area contributed by atoms with E-state index >= 15 is 0 Å². The van der Waals surface area contributed by atoms with Gasteiger partial charge in [0.05, 0.1) is 23.8 Å². The van der Waals surface area contributed by atoms with Crippen molar-refractivity contribution in [2.75, 3.05) is 4.90 Å². The van der Waals surface area contributed by atoms with Crippen LogP contribution < -0.4 is 9.64 Å². The molecule has 2 heterocycles. The smallest absolute Gasteiger partial charge is 0.379 e. The minimum Gasteiger partial charge on any atom is -0.457 e. The first-order valence-electron chi connectivity index (χ1n) is 11.6. The van der Waals surface area contributed by atoms with Crippen LogP contribution >= 0.6 is 0 Å². The number of esters is 1. The van der Waals surface area contributed by atoms with Gasteiger partial charge >= 0.3 is 5.97 Å². The number of furan rings is 1. The van der Waals surface area contributed by atoms with Gasteiger partial charge in [0.15, 0.2) is 5.75 Å². The zero-order valence-electron chi connectivity index (χ0n) is 18.5. The van der Waals surface area contributed by atoms with Crippen molar-refractivity contribution >= 4 is 23.5 Å². The van der Waals surface area contributed by atoms with E-state index in [2.05, 4.69) is 24.3 Å². The van der Waals surface area contributed by atoms with Gasteiger partial charge in [0.25, 0.3) is 0 Å². The van der Waals surface area contributed by atoms with Crippen LogP contribution in [0.1, 0.15) is 44.6 Å². The van der Waals surface area contributed by atoms with Crippen LogP contribution in [0.15, 0.2) is 95.6 Å². The predicted molar refractivity (Wildman–Crippen MR) is 126 cm³/mol. The first kappa shape index (κ1) is 20.0. The molecule has 1 aromatic heterocycles. The van der Waals surface area contributed by atoms with E-state index in [9.17, 15) is 14.4 Å². The second-order valence-electron chi connectivity index (χ2n) is 9.11. The van der Waals surface area contributed by atoms with Gasteiger partial charge in [-0.05, 0) is 46.5 Å². The van der Waals surface area contributed by atoms with E-state index < -0.39 is 17.8 Å². The standard InChI is InChI=1S/C29H19NO5/c31-27-25-23-16-8-1-2-9-17(16)24(19-11-4-3-10-18(19)23)26(25)28(32)30(27)20-12-5-6-13-21(20)35-29(33)22-14-7-15-34-22/h1-15,23-26H/t23?,24?,25-,26-/m0/s1. The third-order valence-corrected chi connectivity index (χ3v) is 7.48. The van der Waals surface area contributed by atoms with Gasteiger partial charge in [0.1, 0.15) is 0 Å². The van der Waals surface area contributed by atoms with Crippen molar-refractivity contribution in [1.29, 1.82) is 0 Å². The molecule has 4 aromatic rings. The number of amides is 2. The van der Waals surface area contributed by atoms with Crippen LogP contribution in [-0.4, -0.2) is 17.8 Å². The molecule has 170 valence electrons. The molecule has 0 unspecified atom stereocenters. The van der Waals surface area contributed by atoms with Crippen LogP contribution in [0.5, 0.6) is 5.75 Å². The largest absolute Gasteiger partial charge is 0.457 e. The van der Waals surface area contributed by atoms with Gasteiger partial charge in [-0.3, -0.25) is 9.59 Å². The maximum absolute atomic E-state index is 14.0. The van der Waals surface area contributed by atoms with Crippen LogP contribution in [-0.2, 0) is 9.59 Å². The summed E-state index contributed by atoms with van der Waals surface area (Å²) < 4.78 is 10.7. The predicted octanol–water partition coefficient (Wildman–Crippen LogP) is 4.90. The van der Waals surface area contributed by atoms with Crippen LogP contribution in [0.3, 0.4) is 0 Å². The third-order valence-electron chi connectivity index (χ3n) is 7.48. The second kappa shape index (κ2) is 7.27. The highest BCUT2D eigenvalue weighted by molar-refractivity contribution is 6.24. The van der Waals surface area contributed by atoms with E-state index in [4.69, 9.17) is 9.15 Å². The number of benzene rings is 3. The number of hydrogen-bond donors (Lipinski definition) is 0. The van der Waals surface area contributed by atoms with Crippen molar-refractivity contribution < 1.29 is 23.5 Å². The zero-order valence-corrected chi connectivity index (χ0v) is 18.5. The summed E-state index contributed by atoms with van der Waals surface area (Å²) in [6.45, 7) is 0. The summed E-state index contributed by atoms with van der Waals surface area (Å²) in [5.74, 6) is -2.46. The second-order valence-corrected chi connectivity index (χ2v) is 9.11. The number of ether oxygens (including phenoxy) is 1. The molecule has 0 saturated carbocycles. The molecular formula is C29H19NO5. The van der Waals surface area contributed by atoms with Gasteiger partial charge < -0.3 is 9.15 Å². The van der Waals surface area contributed by atoms with E-state index in [0.29, 0.717) is 0 Å². The van der Waals surface area contributed by atoms with Crippen LogP contribution in [0.4, 0.5) is 5.69 Å². The SMILES string of the molecule is O=C(Oc1ccccc1N1C(=O)[C@H]2C3c4ccccc4C(c4ccccc43)[C@@H]2C1=O)c1ccco1. The van der Waals surface area contributed by atoms with E-state index in [1.165, 1.54) is 17.2 Å². The molecular weight excluding hydrogens is 442 g/mol. The lowest BCUT2D eigenvalue weighted by Crippen LogP contribution is -2.41. The molecule has 6 nitrogen and oxygen atoms in total. The van der Waals surface area contributed by atoms with E-state index in [1.807, 2.05) is 24.3 Å². The molecule has 1 fully saturated rings. The number of hydrogen-bond acceptors (Lipinski definition) is 5. The van der Waals surface area contributed by atoms with Crippen molar-refractivity contribution in [3.05, 3.63) is 119 Å². The summed E-state index contributed by atoms with van der Waals surface area (Å²) in [6.07, 6.45) is 1.38. The van der Waals surface area contributed by atoms with Gasteiger partial charge in [0, 0.05) is 11.8 Å². The quantitative estimate of drug-likeness (QED) is 0.247. The Bertz CT molecular complexity index is 1410. The molecule has 0 N–H and O–H groups in total. The fourth-order valence-electron chi connectivity index (χ4n) is 6.19. The van der Waals surface area contributed by atoms with Gasteiger partial charge in [-0.1, -0.05) is 60.7 Å². The van der Waals surface area contributed by atoms with E-state index in [1.54, 1.807) is 30.3 Å². The summed E-state index contributed by atoms with van der Waals surface area (Å²) in [4.78, 5) is 41.7. The Morgan fingerprint density at radius 3 is 1.71 bits per heavy atom. The molecule has 4 aliphatic rings. The fourth-order valence-corrected chi connectivity index (χ4v) is 6.19. The number of para-hydroxylation sites is 2. The number of nitrogens with zero attached hydrogens (tertiary/aromatic N) is 1. The van der Waals surface area contributed by atoms with Crippen molar-refractivity contribution in [1.82, 2.24) is 0 Å². The number of imide groups is 1. The lowest BCUT2D eigenvalue weighted by Gasteiger charge is -2.45. The summed E-state index contributed by atoms with van der Waals surface area (Å²) in [5, 5.41) is 0. The Balaban J connectivity index is 1.34. The topological polar surface area (TPSA) is 76.8 Å². The Morgan fingerprint density at radius 2 is 1.20 bits per heavy atom. The Hall–Kier alpha value is -4.45. The normalized spacial score (nSPS) is 23.6. The number of carbonyl (C=O) groups excluding carboxylic acids is 3. The Labute approximate surface area is 200 Å². The highest BCUT2D eigenvalue weighted by atomic mass is 16.5. The fraction of sp³-hybridized carbons (Fsp3) is 0.138. The minimum atomic E-state index is -0.696. The number of anilines is 1. The zero-order chi connectivity index (χ0) is 23.7. The van der Waals surface area contributed by atoms with Crippen LogP contribution in [0.2, 0.25) is 0 Å². The van der Waals surface area contributed by atoms with Gasteiger partial charge in [-0.25, -0.2) is 9.69 Å². The van der Waals surface area contributed by atoms with Gasteiger partial charge in [0.2, 0.25) is 17.6 Å². The third kappa shape index (κ3) is 2.68. The summed E-state index contributed by atoms with van der Waals surface area (Å²) in [5.41, 5.74) is 4.70. The molecule has 3 aromatic carbocycles. The van der Waals surface area contributed by atoms with Crippen molar-refractivity contribution in [3.63, 3.8) is 0 Å². The first-order valence-corrected chi connectivity index (χ1v) is 11.6. The first-order chi connectivity index (χ1) is 17.1. The minimum absolute atomic E-state index is 0.0384. The summed E-state index contributed by atoms with van der Waals surface area (Å²) in [7, 11) is 0. The Kier molecular flexibility index (Phi) is 4.15. The maximum Gasteiger partial charge on any atom is 0.379 e. The Morgan fingerprint density at radius 1 is 0.686 bits per heavy atom. The van der Waals surface area contributed by atoms with Crippen molar-refractivity contribution in [2.45, 2.75) is 11.8 Å². The number of rotatable bonds is 3. The molecule has 6 heteroatoms. The molecule has 2 amide bonds. The van der Waals surface area contributed by atoms with Crippen LogP contribution in [0, 0.1) is 11.8 Å². The molecule has 1 aliphatic heterocycles. The van der Waals surface area contributed by atoms with Crippen molar-refractivity contribution in [2.24, 2.45) is 11.8 Å². The van der Waals surface area contributed by atoms with Crippen molar-refractivity contribution in [3.8, 4) is 5.75 Å². The summed E-state index contributed by atoms with van der Waals surface area (Å²) in [6, 6.07) is 25.9. The summed E-state index contributed by atoms with van der Waals surface area (Å²) >= 11 is 0. The highest BCUT2D eigenvalue weighted by Crippen LogP contribution is 2.61. The molecule has 8 rings (SSSR count). The molecule has 2 bridgehead atoms. The average molecular weight is 461 g/mol. The molecule has 1 saturated heterocycles. The molecule has 0 spiro atoms. The van der Waals surface area contributed by atoms with Crippen LogP contribution in [0.25, 0.3) is 0 Å². The average Bonchev–Trinajstić information content (AvgIpc) is 3.52. The highest BCUT2D eigenvalue weighted by Gasteiger charge is 2.62. The lowest BCUT2D eigenvalue weighted by atomic mass is 9.55. The van der Waals surface area contributed by atoms with E-state index in [0.717, 1.165) is 22.3 Å². The molecule has 3 aliphatic carbocycles. The molecule has 35 heavy (non-hydrogen) atoms. The van der Waals surface area contributed by atoms with Gasteiger partial charge in [-0.2, -0.15) is 0 Å². The van der Waals surface area contributed by atoms with E-state index in [-0.39, 0.29) is 40.8 Å². The molecule has 2 atom stereocenters. The van der Waals surface area contributed by atoms with Gasteiger partial charge in [-0.15, -0.1) is 0 Å².